The van der Waals surface area contributed by atoms with Crippen molar-refractivity contribution in [3.63, 3.8) is 0 Å². The molecule has 19 heavy (non-hydrogen) atoms. The number of nitrogens with zero attached hydrogens (tertiary/aromatic N) is 1. The molecule has 0 atom stereocenters. The number of methoxy groups -OCH3 is 1. The molecule has 7 nitrogen and oxygen atoms in total. The molecule has 0 unspecified atom stereocenters. The predicted molar refractivity (Wildman–Crippen MR) is 63.4 cm³/mol. The van der Waals surface area contributed by atoms with Gasteiger partial charge in [0.25, 0.3) is 0 Å². The minimum Gasteiger partial charge on any atom is -0.465 e. The van der Waals surface area contributed by atoms with E-state index < -0.39 is 34.6 Å². The molecule has 1 aromatic heterocycles. The molecule has 1 heterocycles. The molecular formula is C10H9ClFN3O4. The third-order valence-electron chi connectivity index (χ3n) is 1.91. The first-order valence-electron chi connectivity index (χ1n) is 4.87. The van der Waals surface area contributed by atoms with Crippen LogP contribution in [-0.2, 0) is 9.53 Å². The van der Waals surface area contributed by atoms with Crippen LogP contribution in [0.3, 0.4) is 0 Å². The first kappa shape index (κ1) is 14.8. The molecule has 1 aromatic rings. The molecule has 0 aliphatic heterocycles. The summed E-state index contributed by atoms with van der Waals surface area (Å²) >= 11 is 5.45. The van der Waals surface area contributed by atoms with Crippen molar-refractivity contribution in [2.75, 3.05) is 12.4 Å². The third kappa shape index (κ3) is 3.62. The molecule has 0 saturated heterocycles. The fourth-order valence-corrected chi connectivity index (χ4v) is 1.30. The maximum absolute atomic E-state index is 13.7. The number of aromatic nitrogens is 1. The summed E-state index contributed by atoms with van der Waals surface area (Å²) in [6.07, 6.45) is 0.945. The van der Waals surface area contributed by atoms with Crippen LogP contribution in [0.4, 0.5) is 14.9 Å². The highest BCUT2D eigenvalue weighted by Crippen LogP contribution is 2.25. The molecule has 0 radical (unpaired) electrons. The van der Waals surface area contributed by atoms with Crippen LogP contribution < -0.4 is 10.6 Å². The van der Waals surface area contributed by atoms with Crippen LogP contribution in [0.2, 0.25) is 5.15 Å². The van der Waals surface area contributed by atoms with Gasteiger partial charge in [-0.05, 0) is 0 Å². The Kier molecular flexibility index (Phi) is 4.76. The standard InChI is InChI=1S/C10H9ClFN3O4/c1-4(16)14-10(18)15-7-5(9(17)19-2)3-13-8(11)6(7)12/h3H,1-2H3,(H2,13,14,15,16,18). The van der Waals surface area contributed by atoms with Crippen molar-refractivity contribution in [2.24, 2.45) is 0 Å². The van der Waals surface area contributed by atoms with Crippen molar-refractivity contribution in [1.82, 2.24) is 10.3 Å². The van der Waals surface area contributed by atoms with Gasteiger partial charge in [0.2, 0.25) is 5.91 Å². The van der Waals surface area contributed by atoms with Gasteiger partial charge < -0.3 is 10.1 Å². The quantitative estimate of drug-likeness (QED) is 0.632. The Labute approximate surface area is 112 Å². The number of pyridine rings is 1. The highest BCUT2D eigenvalue weighted by molar-refractivity contribution is 6.30. The highest BCUT2D eigenvalue weighted by Gasteiger charge is 2.21. The Balaban J connectivity index is 3.16. The number of amides is 3. The van der Waals surface area contributed by atoms with E-state index in [9.17, 15) is 18.8 Å². The molecule has 0 aliphatic rings. The van der Waals surface area contributed by atoms with Gasteiger partial charge in [0, 0.05) is 13.1 Å². The lowest BCUT2D eigenvalue weighted by Crippen LogP contribution is -2.33. The number of halogens is 2. The number of urea groups is 1. The molecule has 9 heteroatoms. The van der Waals surface area contributed by atoms with Crippen molar-refractivity contribution < 1.29 is 23.5 Å². The number of ether oxygens (including phenoxy) is 1. The summed E-state index contributed by atoms with van der Waals surface area (Å²) in [5, 5.41) is 3.31. The number of nitrogens with one attached hydrogen (secondary N) is 2. The molecule has 0 aromatic carbocycles. The van der Waals surface area contributed by atoms with Crippen molar-refractivity contribution in [1.29, 1.82) is 0 Å². The van der Waals surface area contributed by atoms with Gasteiger partial charge in [0.15, 0.2) is 11.0 Å². The Hall–Kier alpha value is -2.22. The van der Waals surface area contributed by atoms with Crippen LogP contribution in [0.1, 0.15) is 17.3 Å². The van der Waals surface area contributed by atoms with Gasteiger partial charge in [-0.1, -0.05) is 11.6 Å². The van der Waals surface area contributed by atoms with Gasteiger partial charge in [-0.2, -0.15) is 0 Å². The SMILES string of the molecule is COC(=O)c1cnc(Cl)c(F)c1NC(=O)NC(C)=O. The van der Waals surface area contributed by atoms with Gasteiger partial charge >= 0.3 is 12.0 Å². The third-order valence-corrected chi connectivity index (χ3v) is 2.17. The zero-order valence-corrected chi connectivity index (χ0v) is 10.7. The lowest BCUT2D eigenvalue weighted by atomic mass is 10.2. The first-order chi connectivity index (χ1) is 8.86. The average molecular weight is 290 g/mol. The zero-order chi connectivity index (χ0) is 14.6. The Morgan fingerprint density at radius 1 is 1.42 bits per heavy atom. The molecule has 1 rings (SSSR count). The number of imide groups is 1. The lowest BCUT2D eigenvalue weighted by molar-refractivity contribution is -0.117. The summed E-state index contributed by atoms with van der Waals surface area (Å²) in [6.45, 7) is 1.09. The molecule has 3 amide bonds. The normalized spacial score (nSPS) is 9.68. The molecule has 0 spiro atoms. The van der Waals surface area contributed by atoms with Crippen LogP contribution in [0.5, 0.6) is 0 Å². The summed E-state index contributed by atoms with van der Waals surface area (Å²) in [6, 6.07) is -1.01. The number of hydrogen-bond acceptors (Lipinski definition) is 5. The summed E-state index contributed by atoms with van der Waals surface area (Å²) in [7, 11) is 1.08. The first-order valence-corrected chi connectivity index (χ1v) is 5.25. The fourth-order valence-electron chi connectivity index (χ4n) is 1.16. The van der Waals surface area contributed by atoms with Gasteiger partial charge in [-0.25, -0.2) is 19.0 Å². The summed E-state index contributed by atoms with van der Waals surface area (Å²) < 4.78 is 18.1. The minimum atomic E-state index is -1.11. The number of carbonyl (C=O) groups is 3. The Morgan fingerprint density at radius 2 is 2.05 bits per heavy atom. The van der Waals surface area contributed by atoms with Crippen molar-refractivity contribution in [3.8, 4) is 0 Å². The monoisotopic (exact) mass is 289 g/mol. The number of carbonyl (C=O) groups excluding carboxylic acids is 3. The van der Waals surface area contributed by atoms with Crippen LogP contribution in [0, 0.1) is 5.82 Å². The summed E-state index contributed by atoms with van der Waals surface area (Å²) in [4.78, 5) is 36.8. The summed E-state index contributed by atoms with van der Waals surface area (Å²) in [5.74, 6) is -2.68. The molecule has 0 aliphatic carbocycles. The number of esters is 1. The number of hydrogen-bond donors (Lipinski definition) is 2. The largest absolute Gasteiger partial charge is 0.465 e. The smallest absolute Gasteiger partial charge is 0.341 e. The average Bonchev–Trinajstić information content (AvgIpc) is 2.33. The lowest BCUT2D eigenvalue weighted by Gasteiger charge is -2.10. The fraction of sp³-hybridized carbons (Fsp3) is 0.200. The van der Waals surface area contributed by atoms with Gasteiger partial charge in [0.05, 0.1) is 12.8 Å². The number of anilines is 1. The van der Waals surface area contributed by atoms with E-state index in [1.807, 2.05) is 10.6 Å². The predicted octanol–water partition coefficient (Wildman–Crippen LogP) is 1.33. The van der Waals surface area contributed by atoms with Crippen LogP contribution in [-0.4, -0.2) is 30.0 Å². The Morgan fingerprint density at radius 3 is 2.58 bits per heavy atom. The Bertz CT molecular complexity index is 550. The van der Waals surface area contributed by atoms with E-state index in [0.717, 1.165) is 20.2 Å². The van der Waals surface area contributed by atoms with Crippen LogP contribution in [0.15, 0.2) is 6.20 Å². The van der Waals surface area contributed by atoms with Gasteiger partial charge in [-0.15, -0.1) is 0 Å². The molecular weight excluding hydrogens is 281 g/mol. The van der Waals surface area contributed by atoms with Crippen molar-refractivity contribution in [2.45, 2.75) is 6.92 Å². The maximum Gasteiger partial charge on any atom is 0.341 e. The van der Waals surface area contributed by atoms with Crippen molar-refractivity contribution >= 4 is 35.2 Å². The van der Waals surface area contributed by atoms with E-state index in [2.05, 4.69) is 9.72 Å². The van der Waals surface area contributed by atoms with E-state index in [-0.39, 0.29) is 5.56 Å². The second kappa shape index (κ2) is 6.10. The second-order valence-corrected chi connectivity index (χ2v) is 3.64. The van der Waals surface area contributed by atoms with Gasteiger partial charge in [0.1, 0.15) is 5.56 Å². The molecule has 102 valence electrons. The van der Waals surface area contributed by atoms with Crippen molar-refractivity contribution in [3.05, 3.63) is 22.7 Å². The molecule has 0 bridgehead atoms. The van der Waals surface area contributed by atoms with E-state index in [1.165, 1.54) is 0 Å². The molecule has 0 saturated carbocycles. The minimum absolute atomic E-state index is 0.330. The molecule has 0 fully saturated rings. The van der Waals surface area contributed by atoms with Crippen LogP contribution in [0.25, 0.3) is 0 Å². The van der Waals surface area contributed by atoms with Gasteiger partial charge in [-0.3, -0.25) is 10.1 Å². The van der Waals surface area contributed by atoms with E-state index in [4.69, 9.17) is 11.6 Å². The van der Waals surface area contributed by atoms with E-state index in [1.54, 1.807) is 0 Å². The molecule has 2 N–H and O–H groups in total. The van der Waals surface area contributed by atoms with Crippen LogP contribution >= 0.6 is 11.6 Å². The van der Waals surface area contributed by atoms with E-state index >= 15 is 0 Å². The topological polar surface area (TPSA) is 97.4 Å². The van der Waals surface area contributed by atoms with E-state index in [0.29, 0.717) is 0 Å². The highest BCUT2D eigenvalue weighted by atomic mass is 35.5. The maximum atomic E-state index is 13.7. The number of rotatable bonds is 2. The zero-order valence-electron chi connectivity index (χ0n) is 9.91. The summed E-state index contributed by atoms with van der Waals surface area (Å²) in [5.41, 5.74) is -0.853. The second-order valence-electron chi connectivity index (χ2n) is 3.28.